The summed E-state index contributed by atoms with van der Waals surface area (Å²) in [6.07, 6.45) is 0.566. The summed E-state index contributed by atoms with van der Waals surface area (Å²) in [5, 5.41) is 23.1. The molecule has 0 fully saturated rings. The molecule has 0 aliphatic heterocycles. The average Bonchev–Trinajstić information content (AvgIpc) is 2.48. The zero-order valence-corrected chi connectivity index (χ0v) is 14.0. The van der Waals surface area contributed by atoms with E-state index in [4.69, 9.17) is 16.6 Å². The molecule has 0 spiro atoms. The van der Waals surface area contributed by atoms with Crippen LogP contribution in [0.2, 0.25) is 0 Å². The van der Waals surface area contributed by atoms with E-state index in [-0.39, 0.29) is 5.75 Å². The topological polar surface area (TPSA) is 168 Å². The number of carboxylic acids is 1. The van der Waals surface area contributed by atoms with Crippen LogP contribution < -0.4 is 22.1 Å². The van der Waals surface area contributed by atoms with Crippen molar-refractivity contribution in [2.75, 3.05) is 12.3 Å². The predicted octanol–water partition coefficient (Wildman–Crippen LogP) is -2.19. The Bertz CT molecular complexity index is 408. The number of carboxylic acid groups (broad SMARTS) is 1. The summed E-state index contributed by atoms with van der Waals surface area (Å²) in [4.78, 5) is 34.9. The van der Waals surface area contributed by atoms with Gasteiger partial charge < -0.3 is 32.3 Å². The van der Waals surface area contributed by atoms with E-state index in [0.717, 1.165) is 6.42 Å². The molecule has 0 aliphatic carbocycles. The largest absolute Gasteiger partial charge is 0.480 e. The summed E-state index contributed by atoms with van der Waals surface area (Å²) in [6.45, 7) is 1.80. The number of hydrogen-bond acceptors (Lipinski definition) is 7. The lowest BCUT2D eigenvalue weighted by atomic mass is 10.1. The third kappa shape index (κ3) is 8.16. The highest BCUT2D eigenvalue weighted by molar-refractivity contribution is 7.80. The number of aliphatic carboxylic acids is 1. The lowest BCUT2D eigenvalue weighted by Crippen LogP contribution is -2.58. The number of aliphatic hydroxyl groups is 1. The van der Waals surface area contributed by atoms with E-state index in [1.165, 1.54) is 6.92 Å². The molecule has 4 unspecified atom stereocenters. The molecule has 23 heavy (non-hydrogen) atoms. The Labute approximate surface area is 140 Å². The summed E-state index contributed by atoms with van der Waals surface area (Å²) in [6, 6.07) is -3.36. The first-order valence-corrected chi connectivity index (χ1v) is 7.95. The minimum atomic E-state index is -1.30. The van der Waals surface area contributed by atoms with E-state index in [1.807, 2.05) is 0 Å². The minimum Gasteiger partial charge on any atom is -0.480 e. The molecule has 134 valence electrons. The van der Waals surface area contributed by atoms with Crippen molar-refractivity contribution in [3.63, 3.8) is 0 Å². The lowest BCUT2D eigenvalue weighted by Gasteiger charge is -2.24. The van der Waals surface area contributed by atoms with Crippen LogP contribution in [0.25, 0.3) is 0 Å². The second kappa shape index (κ2) is 11.2. The number of hydrogen-bond donors (Lipinski definition) is 7. The van der Waals surface area contributed by atoms with Gasteiger partial charge in [-0.2, -0.15) is 12.6 Å². The lowest BCUT2D eigenvalue weighted by molar-refractivity contribution is -0.142. The van der Waals surface area contributed by atoms with Crippen LogP contribution in [0.5, 0.6) is 0 Å². The van der Waals surface area contributed by atoms with Gasteiger partial charge in [0.2, 0.25) is 11.8 Å². The van der Waals surface area contributed by atoms with E-state index < -0.39 is 42.0 Å². The number of rotatable bonds is 11. The maximum absolute atomic E-state index is 12.0. The van der Waals surface area contributed by atoms with Crippen LogP contribution in [0.4, 0.5) is 0 Å². The Morgan fingerprint density at radius 2 is 1.78 bits per heavy atom. The molecule has 8 N–H and O–H groups in total. The van der Waals surface area contributed by atoms with E-state index in [0.29, 0.717) is 19.4 Å². The Morgan fingerprint density at radius 3 is 2.22 bits per heavy atom. The highest BCUT2D eigenvalue weighted by atomic mass is 32.1. The number of aliphatic hydroxyl groups excluding tert-OH is 1. The molecule has 0 rings (SSSR count). The van der Waals surface area contributed by atoms with Crippen LogP contribution in [-0.4, -0.2) is 64.5 Å². The summed E-state index contributed by atoms with van der Waals surface area (Å²) >= 11 is 3.82. The van der Waals surface area contributed by atoms with Gasteiger partial charge in [0.15, 0.2) is 0 Å². The standard InChI is InChI=1S/C13H26N4O5S/c1-7(18)10(12(20)16-9(6-23)13(21)22)17-11(19)8(15)4-2-3-5-14/h7-10,18,23H,2-6,14-15H2,1H3,(H,16,20)(H,17,19)(H,21,22). The fourth-order valence-corrected chi connectivity index (χ4v) is 2.00. The highest BCUT2D eigenvalue weighted by Gasteiger charge is 2.30. The van der Waals surface area contributed by atoms with Crippen molar-refractivity contribution in [3.8, 4) is 0 Å². The maximum atomic E-state index is 12.0. The number of unbranched alkanes of at least 4 members (excludes halogenated alkanes) is 1. The average molecular weight is 350 g/mol. The number of nitrogens with two attached hydrogens (primary N) is 2. The van der Waals surface area contributed by atoms with Crippen LogP contribution in [0.1, 0.15) is 26.2 Å². The normalized spacial score (nSPS) is 16.0. The first kappa shape index (κ1) is 21.6. The zero-order chi connectivity index (χ0) is 18.0. The Morgan fingerprint density at radius 1 is 1.17 bits per heavy atom. The Kier molecular flexibility index (Phi) is 10.6. The van der Waals surface area contributed by atoms with Gasteiger partial charge in [-0.05, 0) is 26.3 Å². The molecule has 0 heterocycles. The van der Waals surface area contributed by atoms with Gasteiger partial charge in [-0.25, -0.2) is 4.79 Å². The number of thiol groups is 1. The molecule has 0 aromatic carbocycles. The second-order valence-corrected chi connectivity index (χ2v) is 5.56. The maximum Gasteiger partial charge on any atom is 0.327 e. The third-order valence-corrected chi connectivity index (χ3v) is 3.53. The van der Waals surface area contributed by atoms with Gasteiger partial charge in [-0.3, -0.25) is 9.59 Å². The van der Waals surface area contributed by atoms with Gasteiger partial charge in [0, 0.05) is 5.75 Å². The molecule has 0 saturated carbocycles. The van der Waals surface area contributed by atoms with Gasteiger partial charge in [0.1, 0.15) is 12.1 Å². The SMILES string of the molecule is CC(O)C(NC(=O)C(N)CCCCN)C(=O)NC(CS)C(=O)O. The van der Waals surface area contributed by atoms with Crippen LogP contribution in [-0.2, 0) is 14.4 Å². The summed E-state index contributed by atoms with van der Waals surface area (Å²) in [5.74, 6) is -2.80. The number of carbonyl (C=O) groups excluding carboxylic acids is 2. The molecular formula is C13H26N4O5S. The Hall–Kier alpha value is -1.36. The summed E-state index contributed by atoms with van der Waals surface area (Å²) in [5.41, 5.74) is 11.1. The molecule has 10 heteroatoms. The van der Waals surface area contributed by atoms with Crippen molar-refractivity contribution < 1.29 is 24.6 Å². The smallest absolute Gasteiger partial charge is 0.327 e. The monoisotopic (exact) mass is 350 g/mol. The fourth-order valence-electron chi connectivity index (χ4n) is 1.75. The van der Waals surface area contributed by atoms with Crippen molar-refractivity contribution in [2.45, 2.75) is 50.4 Å². The second-order valence-electron chi connectivity index (χ2n) is 5.20. The van der Waals surface area contributed by atoms with Crippen molar-refractivity contribution in [3.05, 3.63) is 0 Å². The summed E-state index contributed by atoms with van der Waals surface area (Å²) < 4.78 is 0. The zero-order valence-electron chi connectivity index (χ0n) is 13.1. The van der Waals surface area contributed by atoms with Crippen LogP contribution in [0, 0.1) is 0 Å². The molecule has 0 bridgehead atoms. The van der Waals surface area contributed by atoms with E-state index >= 15 is 0 Å². The predicted molar refractivity (Wildman–Crippen MR) is 87.9 cm³/mol. The summed E-state index contributed by atoms with van der Waals surface area (Å²) in [7, 11) is 0. The minimum absolute atomic E-state index is 0.125. The van der Waals surface area contributed by atoms with Crippen LogP contribution in [0.15, 0.2) is 0 Å². The molecule has 0 radical (unpaired) electrons. The number of amides is 2. The van der Waals surface area contributed by atoms with Crippen LogP contribution >= 0.6 is 12.6 Å². The Balaban J connectivity index is 4.69. The van der Waals surface area contributed by atoms with Crippen molar-refractivity contribution in [2.24, 2.45) is 11.5 Å². The van der Waals surface area contributed by atoms with Gasteiger partial charge >= 0.3 is 5.97 Å². The van der Waals surface area contributed by atoms with E-state index in [2.05, 4.69) is 23.3 Å². The molecule has 0 saturated heterocycles. The molecule has 0 aliphatic rings. The molecule has 9 nitrogen and oxygen atoms in total. The van der Waals surface area contributed by atoms with Crippen molar-refractivity contribution in [1.82, 2.24) is 10.6 Å². The van der Waals surface area contributed by atoms with Crippen molar-refractivity contribution >= 4 is 30.4 Å². The molecule has 0 aromatic rings. The molecular weight excluding hydrogens is 324 g/mol. The molecule has 2 amide bonds. The first-order valence-electron chi connectivity index (χ1n) is 7.32. The first-order chi connectivity index (χ1) is 10.7. The van der Waals surface area contributed by atoms with Crippen molar-refractivity contribution in [1.29, 1.82) is 0 Å². The van der Waals surface area contributed by atoms with Crippen LogP contribution in [0.3, 0.4) is 0 Å². The van der Waals surface area contributed by atoms with Gasteiger partial charge in [-0.1, -0.05) is 6.42 Å². The fraction of sp³-hybridized carbons (Fsp3) is 0.769. The van der Waals surface area contributed by atoms with Gasteiger partial charge in [-0.15, -0.1) is 0 Å². The third-order valence-electron chi connectivity index (χ3n) is 3.17. The number of nitrogens with one attached hydrogen (secondary N) is 2. The van der Waals surface area contributed by atoms with E-state index in [1.54, 1.807) is 0 Å². The highest BCUT2D eigenvalue weighted by Crippen LogP contribution is 2.01. The van der Waals surface area contributed by atoms with E-state index in [9.17, 15) is 19.5 Å². The quantitative estimate of drug-likeness (QED) is 0.164. The van der Waals surface area contributed by atoms with Gasteiger partial charge in [0.05, 0.1) is 12.1 Å². The van der Waals surface area contributed by atoms with Gasteiger partial charge in [0.25, 0.3) is 0 Å². The molecule has 0 aromatic heterocycles. The number of carbonyl (C=O) groups is 3. The molecule has 4 atom stereocenters.